The maximum atomic E-state index is 12.5. The van der Waals surface area contributed by atoms with Crippen molar-refractivity contribution in [1.29, 1.82) is 0 Å². The lowest BCUT2D eigenvalue weighted by atomic mass is 9.81. The van der Waals surface area contributed by atoms with Gasteiger partial charge in [0.2, 0.25) is 17.7 Å². The summed E-state index contributed by atoms with van der Waals surface area (Å²) in [4.78, 5) is 38.6. The number of hydrogen-bond acceptors (Lipinski definition) is 4. The second-order valence-electron chi connectivity index (χ2n) is 8.56. The van der Waals surface area contributed by atoms with Crippen LogP contribution >= 0.6 is 0 Å². The van der Waals surface area contributed by atoms with E-state index in [1.807, 2.05) is 24.3 Å². The molecule has 1 N–H and O–H groups in total. The van der Waals surface area contributed by atoms with E-state index in [1.165, 1.54) is 24.2 Å². The molecular formula is C23H30N2O4. The van der Waals surface area contributed by atoms with Crippen molar-refractivity contribution in [2.24, 2.45) is 11.8 Å². The van der Waals surface area contributed by atoms with Crippen molar-refractivity contribution in [3.05, 3.63) is 29.8 Å². The van der Waals surface area contributed by atoms with Gasteiger partial charge in [0.1, 0.15) is 12.3 Å². The molecule has 4 rings (SSSR count). The summed E-state index contributed by atoms with van der Waals surface area (Å²) < 4.78 is 6.08. The fourth-order valence-corrected chi connectivity index (χ4v) is 4.89. The first kappa shape index (κ1) is 19.9. The lowest BCUT2D eigenvalue weighted by Crippen LogP contribution is -2.40. The van der Waals surface area contributed by atoms with Crippen LogP contribution in [0.25, 0.3) is 0 Å². The molecule has 0 aromatic heterocycles. The van der Waals surface area contributed by atoms with Crippen LogP contribution in [-0.4, -0.2) is 35.3 Å². The molecule has 29 heavy (non-hydrogen) atoms. The molecule has 1 aromatic rings. The van der Waals surface area contributed by atoms with Crippen molar-refractivity contribution in [3.8, 4) is 5.75 Å². The molecule has 3 aliphatic rings. The van der Waals surface area contributed by atoms with Crippen LogP contribution < -0.4 is 10.1 Å². The van der Waals surface area contributed by atoms with Gasteiger partial charge in [-0.1, -0.05) is 31.4 Å². The molecule has 1 aromatic carbocycles. The summed E-state index contributed by atoms with van der Waals surface area (Å²) in [6.45, 7) is 0.173. The molecule has 3 fully saturated rings. The number of imide groups is 1. The molecule has 6 nitrogen and oxygen atoms in total. The predicted octanol–water partition coefficient (Wildman–Crippen LogP) is 3.19. The van der Waals surface area contributed by atoms with Crippen LogP contribution in [0.4, 0.5) is 0 Å². The minimum atomic E-state index is -0.302. The van der Waals surface area contributed by atoms with Gasteiger partial charge in [0.05, 0.1) is 17.9 Å². The van der Waals surface area contributed by atoms with Gasteiger partial charge >= 0.3 is 0 Å². The number of amides is 3. The number of hydrogen-bond donors (Lipinski definition) is 1. The Bertz CT molecular complexity index is 748. The number of nitrogens with one attached hydrogen (secondary N) is 1. The van der Waals surface area contributed by atoms with Crippen LogP contribution in [0.5, 0.6) is 5.75 Å². The molecule has 1 heterocycles. The summed E-state index contributed by atoms with van der Waals surface area (Å²) in [6.07, 6.45) is 9.70. The van der Waals surface area contributed by atoms with Gasteiger partial charge in [0, 0.05) is 6.54 Å². The molecular weight excluding hydrogens is 368 g/mol. The zero-order valence-electron chi connectivity index (χ0n) is 16.9. The number of rotatable bonds is 6. The summed E-state index contributed by atoms with van der Waals surface area (Å²) in [5, 5.41) is 2.84. The van der Waals surface area contributed by atoms with Gasteiger partial charge in [-0.25, -0.2) is 0 Å². The quantitative estimate of drug-likeness (QED) is 0.747. The van der Waals surface area contributed by atoms with Crippen LogP contribution in [0.15, 0.2) is 24.3 Å². The smallest absolute Gasteiger partial charge is 0.240 e. The van der Waals surface area contributed by atoms with Crippen molar-refractivity contribution in [2.45, 2.75) is 70.4 Å². The minimum absolute atomic E-state index is 0.169. The normalized spacial score (nSPS) is 25.0. The molecule has 3 amide bonds. The fraction of sp³-hybridized carbons (Fsp3) is 0.609. The number of benzene rings is 1. The number of fused-ring (bicyclic) bond motifs is 1. The third-order valence-corrected chi connectivity index (χ3v) is 6.48. The van der Waals surface area contributed by atoms with Gasteiger partial charge in [-0.15, -0.1) is 0 Å². The highest BCUT2D eigenvalue weighted by Gasteiger charge is 2.48. The number of carbonyl (C=O) groups is 3. The van der Waals surface area contributed by atoms with E-state index in [0.717, 1.165) is 49.8 Å². The van der Waals surface area contributed by atoms with E-state index in [4.69, 9.17) is 4.74 Å². The summed E-state index contributed by atoms with van der Waals surface area (Å²) in [5.74, 6) is -0.229. The van der Waals surface area contributed by atoms with Gasteiger partial charge < -0.3 is 10.1 Å². The maximum Gasteiger partial charge on any atom is 0.240 e. The molecule has 2 saturated carbocycles. The largest absolute Gasteiger partial charge is 0.490 e. The van der Waals surface area contributed by atoms with Crippen LogP contribution in [0.2, 0.25) is 0 Å². The lowest BCUT2D eigenvalue weighted by Gasteiger charge is -2.23. The Hall–Kier alpha value is -2.37. The average molecular weight is 399 g/mol. The molecule has 2 aliphatic carbocycles. The Labute approximate surface area is 172 Å². The minimum Gasteiger partial charge on any atom is -0.490 e. The number of carbonyl (C=O) groups excluding carboxylic acids is 3. The summed E-state index contributed by atoms with van der Waals surface area (Å²) >= 11 is 0. The van der Waals surface area contributed by atoms with Crippen molar-refractivity contribution < 1.29 is 19.1 Å². The van der Waals surface area contributed by atoms with Gasteiger partial charge in [-0.2, -0.15) is 0 Å². The van der Waals surface area contributed by atoms with E-state index in [-0.39, 0.29) is 42.2 Å². The third-order valence-electron chi connectivity index (χ3n) is 6.48. The molecule has 156 valence electrons. The van der Waals surface area contributed by atoms with Gasteiger partial charge in [0.15, 0.2) is 0 Å². The second kappa shape index (κ2) is 8.97. The second-order valence-corrected chi connectivity index (χ2v) is 8.56. The van der Waals surface area contributed by atoms with Crippen LogP contribution in [-0.2, 0) is 20.9 Å². The zero-order valence-corrected chi connectivity index (χ0v) is 16.9. The number of ether oxygens (including phenoxy) is 1. The first-order valence-corrected chi connectivity index (χ1v) is 11.0. The molecule has 0 radical (unpaired) electrons. The molecule has 0 bridgehead atoms. The van der Waals surface area contributed by atoms with E-state index in [2.05, 4.69) is 5.32 Å². The summed E-state index contributed by atoms with van der Waals surface area (Å²) in [7, 11) is 0. The first-order chi connectivity index (χ1) is 14.1. The predicted molar refractivity (Wildman–Crippen MR) is 108 cm³/mol. The highest BCUT2D eigenvalue weighted by atomic mass is 16.5. The van der Waals surface area contributed by atoms with Crippen molar-refractivity contribution >= 4 is 17.7 Å². The Morgan fingerprint density at radius 1 is 0.966 bits per heavy atom. The number of nitrogens with zero attached hydrogens (tertiary/aromatic N) is 1. The Kier molecular flexibility index (Phi) is 6.16. The topological polar surface area (TPSA) is 75.7 Å². The average Bonchev–Trinajstić information content (AvgIpc) is 2.98. The summed E-state index contributed by atoms with van der Waals surface area (Å²) in [5.41, 5.74) is 0.944. The van der Waals surface area contributed by atoms with E-state index < -0.39 is 0 Å². The maximum absolute atomic E-state index is 12.5. The Morgan fingerprint density at radius 3 is 2.31 bits per heavy atom. The summed E-state index contributed by atoms with van der Waals surface area (Å²) in [6, 6.07) is 7.77. The Morgan fingerprint density at radius 2 is 1.62 bits per heavy atom. The van der Waals surface area contributed by atoms with Crippen molar-refractivity contribution in [2.75, 3.05) is 6.54 Å². The zero-order chi connectivity index (χ0) is 20.2. The van der Waals surface area contributed by atoms with Crippen molar-refractivity contribution in [3.63, 3.8) is 0 Å². The van der Waals surface area contributed by atoms with Crippen LogP contribution in [0.3, 0.4) is 0 Å². The highest BCUT2D eigenvalue weighted by Crippen LogP contribution is 2.37. The Balaban J connectivity index is 1.29. The van der Waals surface area contributed by atoms with E-state index in [9.17, 15) is 14.4 Å². The molecule has 1 saturated heterocycles. The standard InChI is InChI=1S/C23H30N2O4/c26-21(15-25-22(27)19-11-4-5-12-20(19)23(25)28)24-14-16-7-6-10-18(13-16)29-17-8-2-1-3-9-17/h6-7,10,13,17,19-20H,1-5,8-9,11-12,14-15H2,(H,24,26). The lowest BCUT2D eigenvalue weighted by molar-refractivity contribution is -0.143. The van der Waals surface area contributed by atoms with Crippen molar-refractivity contribution in [1.82, 2.24) is 10.2 Å². The monoisotopic (exact) mass is 398 g/mol. The molecule has 2 unspecified atom stereocenters. The van der Waals surface area contributed by atoms with E-state index in [0.29, 0.717) is 6.54 Å². The first-order valence-electron chi connectivity index (χ1n) is 11.0. The SMILES string of the molecule is O=C(CN1C(=O)C2CCCCC2C1=O)NCc1cccc(OC2CCCCC2)c1. The molecule has 1 aliphatic heterocycles. The number of likely N-dealkylation sites (tertiary alicyclic amines) is 1. The van der Waals surface area contributed by atoms with Gasteiger partial charge in [-0.3, -0.25) is 19.3 Å². The van der Waals surface area contributed by atoms with Crippen LogP contribution in [0, 0.1) is 11.8 Å². The highest BCUT2D eigenvalue weighted by molar-refractivity contribution is 6.07. The van der Waals surface area contributed by atoms with E-state index >= 15 is 0 Å². The molecule has 2 atom stereocenters. The molecule has 6 heteroatoms. The third kappa shape index (κ3) is 4.62. The van der Waals surface area contributed by atoms with Gasteiger partial charge in [-0.05, 0) is 56.2 Å². The molecule has 0 spiro atoms. The van der Waals surface area contributed by atoms with E-state index in [1.54, 1.807) is 0 Å². The fourth-order valence-electron chi connectivity index (χ4n) is 4.89. The van der Waals surface area contributed by atoms with Gasteiger partial charge in [0.25, 0.3) is 0 Å². The van der Waals surface area contributed by atoms with Crippen LogP contribution in [0.1, 0.15) is 63.4 Å².